The molecule has 2 aliphatic carbocycles. The maximum Gasteiger partial charge on any atom is 0.316 e. The van der Waals surface area contributed by atoms with Gasteiger partial charge >= 0.3 is 11.9 Å². The quantitative estimate of drug-likeness (QED) is 0.623. The standard InChI is InChI=1S/C17H20O5/c1-7-8(2)13-17-14(20)21-10-4-9(5-15(10,17)3)16(17,6-11(18)19)12(7)22-13/h9-10,12-13H,4-6H2,1-3H3,(H,18,19). The molecule has 5 rings (SSSR count). The number of carbonyl (C=O) groups excluding carboxylic acids is 1. The molecule has 2 saturated carbocycles. The molecule has 0 aromatic carbocycles. The highest BCUT2D eigenvalue weighted by atomic mass is 16.6. The lowest BCUT2D eigenvalue weighted by molar-refractivity contribution is -0.156. The Hall–Kier alpha value is -1.36. The van der Waals surface area contributed by atoms with E-state index >= 15 is 0 Å². The molecule has 1 N–H and O–H groups in total. The Balaban J connectivity index is 1.85. The molecular formula is C17H20O5. The first-order valence-electron chi connectivity index (χ1n) is 8.06. The summed E-state index contributed by atoms with van der Waals surface area (Å²) in [5.41, 5.74) is 0.541. The smallest absolute Gasteiger partial charge is 0.316 e. The van der Waals surface area contributed by atoms with Crippen molar-refractivity contribution in [2.45, 2.75) is 58.3 Å². The molecule has 0 amide bonds. The molecule has 3 aliphatic heterocycles. The van der Waals surface area contributed by atoms with Crippen LogP contribution in [0.25, 0.3) is 0 Å². The van der Waals surface area contributed by atoms with E-state index in [0.29, 0.717) is 0 Å². The predicted molar refractivity (Wildman–Crippen MR) is 74.9 cm³/mol. The van der Waals surface area contributed by atoms with Gasteiger partial charge in [-0.1, -0.05) is 6.92 Å². The van der Waals surface area contributed by atoms with Gasteiger partial charge in [-0.25, -0.2) is 0 Å². The van der Waals surface area contributed by atoms with E-state index in [4.69, 9.17) is 9.47 Å². The lowest BCUT2D eigenvalue weighted by atomic mass is 9.45. The van der Waals surface area contributed by atoms with Crippen molar-refractivity contribution < 1.29 is 24.2 Å². The first-order chi connectivity index (χ1) is 10.3. The number of hydrogen-bond donors (Lipinski definition) is 1. The lowest BCUT2D eigenvalue weighted by Gasteiger charge is -2.51. The molecule has 118 valence electrons. The van der Waals surface area contributed by atoms with E-state index < -0.39 is 16.8 Å². The second-order valence-electron chi connectivity index (χ2n) is 8.13. The molecule has 0 radical (unpaired) electrons. The van der Waals surface area contributed by atoms with E-state index in [2.05, 4.69) is 6.92 Å². The third-order valence-corrected chi connectivity index (χ3v) is 7.80. The van der Waals surface area contributed by atoms with Crippen molar-refractivity contribution in [2.75, 3.05) is 0 Å². The first kappa shape index (κ1) is 13.1. The summed E-state index contributed by atoms with van der Waals surface area (Å²) in [7, 11) is 0. The molecule has 5 heteroatoms. The molecule has 22 heavy (non-hydrogen) atoms. The highest BCUT2D eigenvalue weighted by Crippen LogP contribution is 2.85. The number of fused-ring (bicyclic) bond motifs is 5. The van der Waals surface area contributed by atoms with Gasteiger partial charge < -0.3 is 14.6 Å². The maximum atomic E-state index is 13.0. The molecule has 4 fully saturated rings. The van der Waals surface area contributed by atoms with Gasteiger partial charge in [0.2, 0.25) is 0 Å². The van der Waals surface area contributed by atoms with Crippen LogP contribution in [0.2, 0.25) is 0 Å². The van der Waals surface area contributed by atoms with Gasteiger partial charge in [-0.2, -0.15) is 0 Å². The minimum absolute atomic E-state index is 0.000856. The third-order valence-electron chi connectivity index (χ3n) is 7.80. The van der Waals surface area contributed by atoms with Crippen LogP contribution in [0.1, 0.15) is 40.0 Å². The summed E-state index contributed by atoms with van der Waals surface area (Å²) in [4.78, 5) is 24.7. The van der Waals surface area contributed by atoms with Gasteiger partial charge in [-0.15, -0.1) is 0 Å². The van der Waals surface area contributed by atoms with Crippen LogP contribution in [-0.2, 0) is 19.1 Å². The molecule has 7 unspecified atom stereocenters. The van der Waals surface area contributed by atoms with Gasteiger partial charge in [-0.3, -0.25) is 9.59 Å². The van der Waals surface area contributed by atoms with E-state index in [1.807, 2.05) is 13.8 Å². The fourth-order valence-electron chi connectivity index (χ4n) is 7.12. The van der Waals surface area contributed by atoms with Crippen LogP contribution in [-0.4, -0.2) is 35.4 Å². The van der Waals surface area contributed by atoms with E-state index in [1.165, 1.54) is 0 Å². The van der Waals surface area contributed by atoms with Gasteiger partial charge in [-0.05, 0) is 43.8 Å². The largest absolute Gasteiger partial charge is 0.481 e. The number of rotatable bonds is 2. The average Bonchev–Trinajstić information content (AvgIpc) is 3.08. The van der Waals surface area contributed by atoms with Gasteiger partial charge in [0.05, 0.1) is 18.6 Å². The van der Waals surface area contributed by atoms with Crippen molar-refractivity contribution in [1.29, 1.82) is 0 Å². The van der Waals surface area contributed by atoms with Crippen LogP contribution in [0.4, 0.5) is 0 Å². The Labute approximate surface area is 128 Å². The summed E-state index contributed by atoms with van der Waals surface area (Å²) in [5, 5.41) is 9.59. The number of carboxylic acids is 1. The average molecular weight is 304 g/mol. The zero-order valence-corrected chi connectivity index (χ0v) is 13.0. The van der Waals surface area contributed by atoms with Crippen molar-refractivity contribution in [3.8, 4) is 0 Å². The SMILES string of the molecule is CC1=C(C)C2OC1C1(CC(=O)O)C3CC4OC(=O)C21C4(C)C3. The topological polar surface area (TPSA) is 72.8 Å². The summed E-state index contributed by atoms with van der Waals surface area (Å²) >= 11 is 0. The van der Waals surface area contributed by atoms with E-state index in [0.717, 1.165) is 24.0 Å². The number of ether oxygens (including phenoxy) is 2. The lowest BCUT2D eigenvalue weighted by Crippen LogP contribution is -2.60. The molecular weight excluding hydrogens is 284 g/mol. The molecule has 0 aromatic rings. The van der Waals surface area contributed by atoms with Gasteiger partial charge in [0.1, 0.15) is 11.5 Å². The zero-order valence-electron chi connectivity index (χ0n) is 13.0. The summed E-state index contributed by atoms with van der Waals surface area (Å²) in [5.74, 6) is -0.850. The highest BCUT2D eigenvalue weighted by Gasteiger charge is 2.91. The highest BCUT2D eigenvalue weighted by molar-refractivity contribution is 5.88. The van der Waals surface area contributed by atoms with Gasteiger partial charge in [0, 0.05) is 10.8 Å². The summed E-state index contributed by atoms with van der Waals surface area (Å²) in [6.45, 7) is 6.18. The van der Waals surface area contributed by atoms with Crippen LogP contribution in [0, 0.1) is 22.2 Å². The normalized spacial score (nSPS) is 56.8. The van der Waals surface area contributed by atoms with Crippen LogP contribution in [0.5, 0.6) is 0 Å². The van der Waals surface area contributed by atoms with Crippen molar-refractivity contribution in [2.24, 2.45) is 22.2 Å². The fourth-order valence-corrected chi connectivity index (χ4v) is 7.12. The molecule has 0 aromatic heterocycles. The van der Waals surface area contributed by atoms with Crippen molar-refractivity contribution in [3.63, 3.8) is 0 Å². The van der Waals surface area contributed by atoms with Crippen molar-refractivity contribution in [3.05, 3.63) is 11.1 Å². The Kier molecular flexibility index (Phi) is 1.95. The minimum Gasteiger partial charge on any atom is -0.481 e. The predicted octanol–water partition coefficient (Wildman–Crippen LogP) is 1.91. The molecule has 3 heterocycles. The number of aliphatic carboxylic acids is 1. The first-order valence-corrected chi connectivity index (χ1v) is 8.06. The second kappa shape index (κ2) is 3.28. The molecule has 5 aliphatic rings. The number of esters is 1. The Morgan fingerprint density at radius 3 is 2.68 bits per heavy atom. The molecule has 7 atom stereocenters. The van der Waals surface area contributed by atoms with Crippen molar-refractivity contribution >= 4 is 11.9 Å². The van der Waals surface area contributed by atoms with E-state index in [1.54, 1.807) is 0 Å². The third kappa shape index (κ3) is 0.892. The van der Waals surface area contributed by atoms with Crippen LogP contribution < -0.4 is 0 Å². The number of carboxylic acid groups (broad SMARTS) is 1. The van der Waals surface area contributed by atoms with Gasteiger partial charge in [0.25, 0.3) is 0 Å². The zero-order chi connectivity index (χ0) is 15.7. The van der Waals surface area contributed by atoms with E-state index in [-0.39, 0.29) is 42.0 Å². The minimum atomic E-state index is -0.839. The van der Waals surface area contributed by atoms with Crippen LogP contribution in [0.3, 0.4) is 0 Å². The summed E-state index contributed by atoms with van der Waals surface area (Å²) in [6, 6.07) is 0. The second-order valence-corrected chi connectivity index (χ2v) is 8.13. The maximum absolute atomic E-state index is 13.0. The molecule has 1 spiro atoms. The van der Waals surface area contributed by atoms with Crippen LogP contribution >= 0.6 is 0 Å². The summed E-state index contributed by atoms with van der Waals surface area (Å²) in [6.07, 6.45) is 1.06. The fraction of sp³-hybridized carbons (Fsp3) is 0.765. The van der Waals surface area contributed by atoms with Gasteiger partial charge in [0.15, 0.2) is 0 Å². The van der Waals surface area contributed by atoms with Crippen LogP contribution in [0.15, 0.2) is 11.1 Å². The van der Waals surface area contributed by atoms with E-state index in [9.17, 15) is 14.7 Å². The number of carbonyl (C=O) groups is 2. The van der Waals surface area contributed by atoms with Crippen molar-refractivity contribution in [1.82, 2.24) is 0 Å². The Morgan fingerprint density at radius 2 is 2.00 bits per heavy atom. The Morgan fingerprint density at radius 1 is 1.32 bits per heavy atom. The monoisotopic (exact) mass is 304 g/mol. The number of hydrogen-bond acceptors (Lipinski definition) is 4. The molecule has 5 nitrogen and oxygen atoms in total. The Bertz CT molecular complexity index is 681. The molecule has 2 saturated heterocycles. The summed E-state index contributed by atoms with van der Waals surface area (Å²) < 4.78 is 12.0. The molecule has 4 bridgehead atoms.